The number of methoxy groups -OCH3 is 1. The number of rotatable bonds is 2. The summed E-state index contributed by atoms with van der Waals surface area (Å²) < 4.78 is 38.1. The Bertz CT molecular complexity index is 844. The Kier molecular flexibility index (Phi) is 3.06. The summed E-state index contributed by atoms with van der Waals surface area (Å²) in [6, 6.07) is 11.3. The molecule has 0 unspecified atom stereocenters. The molecule has 3 rings (SSSR count). The first-order valence-electron chi connectivity index (χ1n) is 6.07. The van der Waals surface area contributed by atoms with Crippen molar-refractivity contribution in [2.24, 2.45) is 4.40 Å². The van der Waals surface area contributed by atoms with Gasteiger partial charge in [0.15, 0.2) is 0 Å². The molecule has 0 saturated heterocycles. The largest absolute Gasteiger partial charge is 0.495 e. The molecule has 1 heterocycles. The number of sulfonamides is 1. The Balaban J connectivity index is 1.98. The van der Waals surface area contributed by atoms with Gasteiger partial charge in [-0.15, -0.1) is 4.40 Å². The summed E-state index contributed by atoms with van der Waals surface area (Å²) in [4.78, 5) is 0.140. The van der Waals surface area contributed by atoms with Gasteiger partial charge < -0.3 is 15.2 Å². The number of nitrogens with zero attached hydrogens (tertiary/aromatic N) is 1. The number of benzene rings is 2. The number of anilines is 1. The standard InChI is InChI=1S/C14H12N2O4S/c1-19-12-7-6-9(8-11(12)15)20-14-10-4-2-3-5-13(10)21(17,18)16-14/h2-8H,15H2,1H3. The molecule has 1 aliphatic heterocycles. The monoisotopic (exact) mass is 304 g/mol. The molecule has 21 heavy (non-hydrogen) atoms. The molecule has 7 heteroatoms. The summed E-state index contributed by atoms with van der Waals surface area (Å²) >= 11 is 0. The molecule has 0 aromatic heterocycles. The third kappa shape index (κ3) is 2.31. The third-order valence-corrected chi connectivity index (χ3v) is 4.33. The fourth-order valence-corrected chi connectivity index (χ4v) is 3.17. The fourth-order valence-electron chi connectivity index (χ4n) is 2.04. The van der Waals surface area contributed by atoms with Crippen molar-refractivity contribution < 1.29 is 17.9 Å². The zero-order chi connectivity index (χ0) is 15.0. The zero-order valence-corrected chi connectivity index (χ0v) is 11.9. The minimum absolute atomic E-state index is 0.0372. The first kappa shape index (κ1) is 13.4. The van der Waals surface area contributed by atoms with Crippen LogP contribution in [0.1, 0.15) is 5.56 Å². The molecular weight excluding hydrogens is 292 g/mol. The number of hydrogen-bond donors (Lipinski definition) is 1. The molecule has 0 amide bonds. The van der Waals surface area contributed by atoms with Crippen molar-refractivity contribution in [2.75, 3.05) is 12.8 Å². The van der Waals surface area contributed by atoms with Crippen LogP contribution in [0, 0.1) is 0 Å². The highest BCUT2D eigenvalue weighted by Gasteiger charge is 2.30. The number of hydrogen-bond acceptors (Lipinski definition) is 5. The molecule has 2 N–H and O–H groups in total. The van der Waals surface area contributed by atoms with Gasteiger partial charge in [-0.1, -0.05) is 12.1 Å². The summed E-state index contributed by atoms with van der Waals surface area (Å²) in [5.41, 5.74) is 6.62. The Labute approximate surface area is 121 Å². The van der Waals surface area contributed by atoms with Gasteiger partial charge in [0.2, 0.25) is 5.90 Å². The van der Waals surface area contributed by atoms with Crippen LogP contribution in [0.5, 0.6) is 11.5 Å². The highest BCUT2D eigenvalue weighted by Crippen LogP contribution is 2.30. The topological polar surface area (TPSA) is 91.0 Å². The van der Waals surface area contributed by atoms with E-state index in [1.807, 2.05) is 0 Å². The second-order valence-corrected chi connectivity index (χ2v) is 5.95. The van der Waals surface area contributed by atoms with Crippen LogP contribution in [0.15, 0.2) is 51.8 Å². The van der Waals surface area contributed by atoms with Crippen molar-refractivity contribution in [2.45, 2.75) is 4.90 Å². The molecule has 0 radical (unpaired) electrons. The third-order valence-electron chi connectivity index (χ3n) is 3.01. The molecule has 1 aliphatic rings. The molecule has 0 bridgehead atoms. The van der Waals surface area contributed by atoms with Crippen molar-refractivity contribution in [1.29, 1.82) is 0 Å². The van der Waals surface area contributed by atoms with Crippen molar-refractivity contribution in [3.05, 3.63) is 48.0 Å². The number of ether oxygens (including phenoxy) is 2. The molecule has 0 saturated carbocycles. The molecule has 0 fully saturated rings. The van der Waals surface area contributed by atoms with E-state index in [0.29, 0.717) is 22.7 Å². The van der Waals surface area contributed by atoms with Gasteiger partial charge in [0.05, 0.1) is 18.4 Å². The fraction of sp³-hybridized carbons (Fsp3) is 0.0714. The van der Waals surface area contributed by atoms with E-state index in [-0.39, 0.29) is 10.8 Å². The summed E-state index contributed by atoms with van der Waals surface area (Å²) in [7, 11) is -2.18. The van der Waals surface area contributed by atoms with Crippen molar-refractivity contribution in [1.82, 2.24) is 0 Å². The molecule has 2 aromatic carbocycles. The zero-order valence-electron chi connectivity index (χ0n) is 11.1. The number of fused-ring (bicyclic) bond motifs is 1. The summed E-state index contributed by atoms with van der Waals surface area (Å²) in [5, 5.41) is 0. The predicted octanol–water partition coefficient (Wildman–Crippen LogP) is 1.81. The van der Waals surface area contributed by atoms with Gasteiger partial charge in [-0.2, -0.15) is 8.42 Å². The minimum atomic E-state index is -3.69. The van der Waals surface area contributed by atoms with Crippen LogP contribution in [0.2, 0.25) is 0 Å². The van der Waals surface area contributed by atoms with Crippen LogP contribution in [-0.2, 0) is 10.0 Å². The number of nitrogens with two attached hydrogens (primary N) is 1. The van der Waals surface area contributed by atoms with Gasteiger partial charge in [-0.05, 0) is 24.3 Å². The quantitative estimate of drug-likeness (QED) is 0.854. The molecule has 2 aromatic rings. The molecule has 0 atom stereocenters. The van der Waals surface area contributed by atoms with Crippen LogP contribution in [0.3, 0.4) is 0 Å². The van der Waals surface area contributed by atoms with Gasteiger partial charge in [0, 0.05) is 6.07 Å². The van der Waals surface area contributed by atoms with E-state index in [0.717, 1.165) is 0 Å². The lowest BCUT2D eigenvalue weighted by Crippen LogP contribution is -2.08. The van der Waals surface area contributed by atoms with Gasteiger partial charge in [-0.3, -0.25) is 0 Å². The van der Waals surface area contributed by atoms with Crippen LogP contribution < -0.4 is 15.2 Å². The second kappa shape index (κ2) is 4.78. The van der Waals surface area contributed by atoms with Gasteiger partial charge in [0.25, 0.3) is 10.0 Å². The maximum Gasteiger partial charge on any atom is 0.286 e. The lowest BCUT2D eigenvalue weighted by molar-refractivity contribution is 0.416. The first-order valence-corrected chi connectivity index (χ1v) is 7.51. The van der Waals surface area contributed by atoms with Crippen LogP contribution >= 0.6 is 0 Å². The van der Waals surface area contributed by atoms with E-state index in [9.17, 15) is 8.42 Å². The average Bonchev–Trinajstić information content (AvgIpc) is 2.71. The van der Waals surface area contributed by atoms with Crippen LogP contribution in [-0.4, -0.2) is 21.4 Å². The maximum atomic E-state index is 11.9. The van der Waals surface area contributed by atoms with Crippen molar-refractivity contribution >= 4 is 21.6 Å². The van der Waals surface area contributed by atoms with E-state index < -0.39 is 10.0 Å². The normalized spacial score (nSPS) is 15.2. The summed E-state index contributed by atoms with van der Waals surface area (Å²) in [5.74, 6) is 0.942. The van der Waals surface area contributed by atoms with Gasteiger partial charge in [0.1, 0.15) is 16.4 Å². The summed E-state index contributed by atoms with van der Waals surface area (Å²) in [6.45, 7) is 0. The first-order chi connectivity index (χ1) is 10.0. The molecule has 0 spiro atoms. The molecular formula is C14H12N2O4S. The lowest BCUT2D eigenvalue weighted by Gasteiger charge is -2.08. The molecule has 6 nitrogen and oxygen atoms in total. The Morgan fingerprint density at radius 2 is 1.90 bits per heavy atom. The summed E-state index contributed by atoms with van der Waals surface area (Å²) in [6.07, 6.45) is 0. The Hall–Kier alpha value is -2.54. The Morgan fingerprint density at radius 3 is 2.62 bits per heavy atom. The van der Waals surface area contributed by atoms with E-state index >= 15 is 0 Å². The Morgan fingerprint density at radius 1 is 1.14 bits per heavy atom. The van der Waals surface area contributed by atoms with Gasteiger partial charge in [-0.25, -0.2) is 0 Å². The second-order valence-electron chi connectivity index (χ2n) is 4.37. The van der Waals surface area contributed by atoms with E-state index in [1.54, 1.807) is 36.4 Å². The average molecular weight is 304 g/mol. The molecule has 108 valence electrons. The lowest BCUT2D eigenvalue weighted by atomic mass is 10.2. The van der Waals surface area contributed by atoms with E-state index in [4.69, 9.17) is 15.2 Å². The van der Waals surface area contributed by atoms with Crippen molar-refractivity contribution in [3.8, 4) is 11.5 Å². The van der Waals surface area contributed by atoms with E-state index in [1.165, 1.54) is 13.2 Å². The molecule has 0 aliphatic carbocycles. The SMILES string of the molecule is COc1ccc(OC2=NS(=O)(=O)c3ccccc32)cc1N. The van der Waals surface area contributed by atoms with Gasteiger partial charge >= 0.3 is 0 Å². The van der Waals surface area contributed by atoms with Crippen molar-refractivity contribution in [3.63, 3.8) is 0 Å². The highest BCUT2D eigenvalue weighted by atomic mass is 32.2. The predicted molar refractivity (Wildman–Crippen MR) is 78.2 cm³/mol. The van der Waals surface area contributed by atoms with Crippen LogP contribution in [0.25, 0.3) is 0 Å². The number of nitrogen functional groups attached to an aromatic ring is 1. The minimum Gasteiger partial charge on any atom is -0.495 e. The highest BCUT2D eigenvalue weighted by molar-refractivity contribution is 7.90. The smallest absolute Gasteiger partial charge is 0.286 e. The maximum absolute atomic E-state index is 11.9. The van der Waals surface area contributed by atoms with Crippen LogP contribution in [0.4, 0.5) is 5.69 Å². The van der Waals surface area contributed by atoms with E-state index in [2.05, 4.69) is 4.40 Å².